The summed E-state index contributed by atoms with van der Waals surface area (Å²) in [5.74, 6) is 0.339. The largest absolute Gasteiger partial charge is 0.321 e. The number of aryl methyl sites for hydroxylation is 1. The van der Waals surface area contributed by atoms with Crippen molar-refractivity contribution in [2.24, 2.45) is 4.99 Å². The first-order valence-corrected chi connectivity index (χ1v) is 9.09. The van der Waals surface area contributed by atoms with Gasteiger partial charge >= 0.3 is 0 Å². The molecule has 0 saturated carbocycles. The van der Waals surface area contributed by atoms with Gasteiger partial charge in [-0.25, -0.2) is 9.98 Å². The molecule has 0 atom stereocenters. The summed E-state index contributed by atoms with van der Waals surface area (Å²) in [5, 5.41) is 2.92. The maximum atomic E-state index is 13.1. The molecule has 0 spiro atoms. The van der Waals surface area contributed by atoms with Gasteiger partial charge in [-0.15, -0.1) is 11.3 Å². The molecule has 1 aliphatic rings. The smallest absolute Gasteiger partial charge is 0.265 e. The van der Waals surface area contributed by atoms with E-state index in [2.05, 4.69) is 21.4 Å². The van der Waals surface area contributed by atoms with E-state index in [-0.39, 0.29) is 5.91 Å². The third-order valence-corrected chi connectivity index (χ3v) is 5.21. The van der Waals surface area contributed by atoms with Gasteiger partial charge in [-0.3, -0.25) is 4.79 Å². The molecular weight excluding hydrogens is 373 g/mol. The quantitative estimate of drug-likeness (QED) is 0.675. The van der Waals surface area contributed by atoms with Crippen molar-refractivity contribution < 1.29 is 9.18 Å². The van der Waals surface area contributed by atoms with Gasteiger partial charge < -0.3 is 5.32 Å². The number of rotatable bonds is 3. The number of hydrogen-bond acceptors (Lipinski definition) is 4. The number of halogens is 2. The molecule has 1 N–H and O–H groups in total. The van der Waals surface area contributed by atoms with Crippen LogP contribution in [0.2, 0.25) is 5.02 Å². The maximum absolute atomic E-state index is 13.1. The number of pyridine rings is 1. The van der Waals surface area contributed by atoms with Crippen molar-refractivity contribution in [2.45, 2.75) is 13.3 Å². The standard InChI is InChI=1S/C19H13ClFN3OS/c1-10-6-11-7-15(24-18(11)22-9-10)13-8-12(2-3-14(13)20)23-19(25)16-4-5-17(21)26-16/h2-6,8-9H,7H2,1H3,(H,23,25). The number of nitrogens with one attached hydrogen (secondary N) is 1. The highest BCUT2D eigenvalue weighted by Gasteiger charge is 2.20. The topological polar surface area (TPSA) is 54.4 Å². The van der Waals surface area contributed by atoms with Crippen LogP contribution >= 0.6 is 22.9 Å². The fraction of sp³-hybridized carbons (Fsp3) is 0.105. The van der Waals surface area contributed by atoms with E-state index in [0.717, 1.165) is 33.7 Å². The van der Waals surface area contributed by atoms with E-state index >= 15 is 0 Å². The first-order chi connectivity index (χ1) is 12.5. The van der Waals surface area contributed by atoms with Gasteiger partial charge in [0.2, 0.25) is 0 Å². The third kappa shape index (κ3) is 3.25. The Morgan fingerprint density at radius 3 is 2.88 bits per heavy atom. The number of hydrogen-bond donors (Lipinski definition) is 1. The Balaban J connectivity index is 1.60. The highest BCUT2D eigenvalue weighted by molar-refractivity contribution is 7.12. The Bertz CT molecular complexity index is 1060. The predicted octanol–water partition coefficient (Wildman–Crippen LogP) is 5.17. The lowest BCUT2D eigenvalue weighted by Gasteiger charge is -2.09. The number of aromatic nitrogens is 1. The summed E-state index contributed by atoms with van der Waals surface area (Å²) >= 11 is 7.15. The van der Waals surface area contributed by atoms with Gasteiger partial charge in [0, 0.05) is 34.5 Å². The molecule has 7 heteroatoms. The Labute approximate surface area is 158 Å². The van der Waals surface area contributed by atoms with E-state index in [4.69, 9.17) is 11.6 Å². The average molecular weight is 386 g/mol. The van der Waals surface area contributed by atoms with Crippen molar-refractivity contribution in [1.29, 1.82) is 0 Å². The second kappa shape index (κ2) is 6.63. The Kier molecular flexibility index (Phi) is 4.30. The molecule has 130 valence electrons. The average Bonchev–Trinajstić information content (AvgIpc) is 3.22. The highest BCUT2D eigenvalue weighted by atomic mass is 35.5. The van der Waals surface area contributed by atoms with E-state index in [9.17, 15) is 9.18 Å². The van der Waals surface area contributed by atoms with E-state index in [0.29, 0.717) is 27.8 Å². The van der Waals surface area contributed by atoms with Crippen LogP contribution in [0.15, 0.2) is 47.6 Å². The van der Waals surface area contributed by atoms with Gasteiger partial charge in [0.1, 0.15) is 0 Å². The Morgan fingerprint density at radius 1 is 1.27 bits per heavy atom. The number of benzene rings is 1. The summed E-state index contributed by atoms with van der Waals surface area (Å²) in [6.45, 7) is 1.99. The van der Waals surface area contributed by atoms with Crippen molar-refractivity contribution in [3.63, 3.8) is 0 Å². The molecular formula is C19H13ClFN3OS. The predicted molar refractivity (Wildman–Crippen MR) is 103 cm³/mol. The van der Waals surface area contributed by atoms with E-state index in [1.54, 1.807) is 24.4 Å². The molecule has 1 aliphatic heterocycles. The molecule has 3 heterocycles. The van der Waals surface area contributed by atoms with Crippen molar-refractivity contribution in [2.75, 3.05) is 5.32 Å². The molecule has 0 unspecified atom stereocenters. The number of nitrogens with zero attached hydrogens (tertiary/aromatic N) is 2. The monoisotopic (exact) mass is 385 g/mol. The van der Waals surface area contributed by atoms with Crippen LogP contribution in [0.25, 0.3) is 0 Å². The molecule has 1 aromatic carbocycles. The number of anilines is 1. The number of thiophene rings is 1. The molecule has 4 rings (SSSR count). The van der Waals surface area contributed by atoms with E-state index in [1.165, 1.54) is 12.1 Å². The molecule has 3 aromatic rings. The van der Waals surface area contributed by atoms with Gasteiger partial charge in [-0.1, -0.05) is 17.7 Å². The number of fused-ring (bicyclic) bond motifs is 1. The second-order valence-electron chi connectivity index (χ2n) is 5.98. The lowest BCUT2D eigenvalue weighted by molar-refractivity contribution is 0.103. The summed E-state index contributed by atoms with van der Waals surface area (Å²) in [4.78, 5) is 21.4. The lowest BCUT2D eigenvalue weighted by Crippen LogP contribution is -2.11. The van der Waals surface area contributed by atoms with Crippen LogP contribution in [-0.4, -0.2) is 16.6 Å². The molecule has 0 fully saturated rings. The van der Waals surface area contributed by atoms with Crippen molar-refractivity contribution in [3.8, 4) is 0 Å². The Morgan fingerprint density at radius 2 is 2.12 bits per heavy atom. The first-order valence-electron chi connectivity index (χ1n) is 7.89. The van der Waals surface area contributed by atoms with Crippen LogP contribution in [0.1, 0.15) is 26.4 Å². The Hall–Kier alpha value is -2.57. The van der Waals surface area contributed by atoms with Crippen molar-refractivity contribution >= 4 is 46.1 Å². The first kappa shape index (κ1) is 16.9. The summed E-state index contributed by atoms with van der Waals surface area (Å²) in [5.41, 5.74) is 4.26. The van der Waals surface area contributed by atoms with Gasteiger partial charge in [0.05, 0.1) is 10.6 Å². The van der Waals surface area contributed by atoms with Crippen LogP contribution in [0, 0.1) is 12.1 Å². The zero-order valence-electron chi connectivity index (χ0n) is 13.7. The minimum atomic E-state index is -0.396. The summed E-state index contributed by atoms with van der Waals surface area (Å²) in [6.07, 6.45) is 2.42. The normalized spacial score (nSPS) is 12.7. The summed E-state index contributed by atoms with van der Waals surface area (Å²) in [6, 6.07) is 9.99. The molecule has 0 bridgehead atoms. The van der Waals surface area contributed by atoms with Crippen LogP contribution in [0.3, 0.4) is 0 Å². The summed E-state index contributed by atoms with van der Waals surface area (Å²) < 4.78 is 13.1. The molecule has 0 aliphatic carbocycles. The van der Waals surface area contributed by atoms with Crippen LogP contribution < -0.4 is 5.32 Å². The molecule has 26 heavy (non-hydrogen) atoms. The maximum Gasteiger partial charge on any atom is 0.265 e. The minimum absolute atomic E-state index is 0.310. The van der Waals surface area contributed by atoms with Crippen LogP contribution in [-0.2, 0) is 6.42 Å². The van der Waals surface area contributed by atoms with Crippen LogP contribution in [0.5, 0.6) is 0 Å². The van der Waals surface area contributed by atoms with Crippen molar-refractivity contribution in [3.05, 3.63) is 74.3 Å². The number of carbonyl (C=O) groups is 1. The fourth-order valence-electron chi connectivity index (χ4n) is 2.81. The molecule has 2 aromatic heterocycles. The third-order valence-electron chi connectivity index (χ3n) is 4.01. The van der Waals surface area contributed by atoms with Crippen LogP contribution in [0.4, 0.5) is 15.9 Å². The number of amides is 1. The van der Waals surface area contributed by atoms with Gasteiger partial charge in [-0.05, 0) is 42.8 Å². The lowest BCUT2D eigenvalue weighted by atomic mass is 10.0. The highest BCUT2D eigenvalue weighted by Crippen LogP contribution is 2.31. The fourth-order valence-corrected chi connectivity index (χ4v) is 3.66. The summed E-state index contributed by atoms with van der Waals surface area (Å²) in [7, 11) is 0. The number of aliphatic imine (C=N–C) groups is 1. The van der Waals surface area contributed by atoms with Crippen molar-refractivity contribution in [1.82, 2.24) is 4.98 Å². The van der Waals surface area contributed by atoms with E-state index < -0.39 is 5.13 Å². The second-order valence-corrected chi connectivity index (χ2v) is 7.42. The van der Waals surface area contributed by atoms with E-state index in [1.807, 2.05) is 6.92 Å². The van der Waals surface area contributed by atoms with Gasteiger partial charge in [-0.2, -0.15) is 4.39 Å². The molecule has 0 radical (unpaired) electrons. The number of carbonyl (C=O) groups excluding carboxylic acids is 1. The van der Waals surface area contributed by atoms with Gasteiger partial charge in [0.25, 0.3) is 5.91 Å². The molecule has 1 amide bonds. The SMILES string of the molecule is Cc1cnc2c(c1)CC(c1cc(NC(=O)c3ccc(F)s3)ccc1Cl)=N2. The molecule has 4 nitrogen and oxygen atoms in total. The van der Waals surface area contributed by atoms with Gasteiger partial charge in [0.15, 0.2) is 10.9 Å². The minimum Gasteiger partial charge on any atom is -0.321 e. The zero-order valence-corrected chi connectivity index (χ0v) is 15.3. The molecule has 0 saturated heterocycles. The zero-order chi connectivity index (χ0) is 18.3.